The van der Waals surface area contributed by atoms with Crippen LogP contribution in [0.4, 0.5) is 0 Å². The summed E-state index contributed by atoms with van der Waals surface area (Å²) in [6.07, 6.45) is 15.7. The van der Waals surface area contributed by atoms with Crippen LogP contribution in [0, 0.1) is 0 Å². The minimum atomic E-state index is -0.805. The molecule has 0 amide bonds. The van der Waals surface area contributed by atoms with Crippen LogP contribution in [-0.2, 0) is 29.4 Å². The Balaban J connectivity index is 2.13. The fourth-order valence-corrected chi connectivity index (χ4v) is 3.77. The highest BCUT2D eigenvalue weighted by Gasteiger charge is 2.25. The van der Waals surface area contributed by atoms with Gasteiger partial charge in [-0.1, -0.05) is 57.8 Å². The second-order valence-electron chi connectivity index (χ2n) is 7.33. The number of carbonyl (C=O) groups is 2. The molecule has 26 heavy (non-hydrogen) atoms. The molecule has 146 valence electrons. The number of hydrogen-bond donors (Lipinski definition) is 0. The van der Waals surface area contributed by atoms with Crippen molar-refractivity contribution in [1.29, 1.82) is 0 Å². The van der Waals surface area contributed by atoms with Gasteiger partial charge >= 0.3 is 11.8 Å². The Kier molecular flexibility index (Phi) is 8.86. The van der Waals surface area contributed by atoms with Gasteiger partial charge in [-0.2, -0.15) is 0 Å². The predicted octanol–water partition coefficient (Wildman–Crippen LogP) is 4.56. The van der Waals surface area contributed by atoms with Crippen molar-refractivity contribution in [2.45, 2.75) is 90.4 Å². The summed E-state index contributed by atoms with van der Waals surface area (Å²) in [5.41, 5.74) is 2.11. The molecular weight excluding hydrogens is 328 g/mol. The van der Waals surface area contributed by atoms with E-state index in [0.29, 0.717) is 0 Å². The van der Waals surface area contributed by atoms with Gasteiger partial charge in [-0.25, -0.2) is 9.78 Å². The molecule has 0 N–H and O–H groups in total. The summed E-state index contributed by atoms with van der Waals surface area (Å²) in [6.45, 7) is 1.91. The summed E-state index contributed by atoms with van der Waals surface area (Å²) < 4.78 is 6.69. The van der Waals surface area contributed by atoms with E-state index >= 15 is 0 Å². The van der Waals surface area contributed by atoms with Crippen molar-refractivity contribution < 1.29 is 14.3 Å². The first-order valence-corrected chi connectivity index (χ1v) is 10.4. The molecule has 1 aliphatic rings. The molecule has 0 spiro atoms. The molecule has 0 aliphatic heterocycles. The fraction of sp³-hybridized carbons (Fsp3) is 0.762. The van der Waals surface area contributed by atoms with Crippen molar-refractivity contribution in [3.8, 4) is 0 Å². The van der Waals surface area contributed by atoms with Crippen LogP contribution in [0.25, 0.3) is 0 Å². The Bertz CT molecular complexity index is 592. The zero-order valence-corrected chi connectivity index (χ0v) is 16.5. The molecule has 1 aromatic heterocycles. The Morgan fingerprint density at radius 1 is 0.885 bits per heavy atom. The highest BCUT2D eigenvalue weighted by Crippen LogP contribution is 2.20. The highest BCUT2D eigenvalue weighted by molar-refractivity contribution is 6.39. The summed E-state index contributed by atoms with van der Waals surface area (Å²) in [6, 6.07) is 0. The standard InChI is InChI=1S/C21H34N2O3/c1-3-26-21(25)19(24)20-22-17-15-13-11-9-7-5-4-6-8-10-12-14-16-18(17)23(20)2/h3-16H2,1-2H3. The Hall–Kier alpha value is -1.65. The van der Waals surface area contributed by atoms with Crippen LogP contribution in [-0.4, -0.2) is 27.9 Å². The minimum Gasteiger partial charge on any atom is -0.460 e. The topological polar surface area (TPSA) is 61.2 Å². The molecule has 1 heterocycles. The maximum absolute atomic E-state index is 12.4. The van der Waals surface area contributed by atoms with E-state index in [4.69, 9.17) is 4.74 Å². The van der Waals surface area contributed by atoms with Crippen LogP contribution in [0.15, 0.2) is 0 Å². The first kappa shape index (κ1) is 20.7. The lowest BCUT2D eigenvalue weighted by Crippen LogP contribution is -2.21. The summed E-state index contributed by atoms with van der Waals surface area (Å²) >= 11 is 0. The van der Waals surface area contributed by atoms with Crippen molar-refractivity contribution in [3.63, 3.8) is 0 Å². The number of ketones is 1. The van der Waals surface area contributed by atoms with Crippen LogP contribution < -0.4 is 0 Å². The predicted molar refractivity (Wildman–Crippen MR) is 102 cm³/mol. The van der Waals surface area contributed by atoms with Gasteiger partial charge in [0.05, 0.1) is 12.3 Å². The van der Waals surface area contributed by atoms with Crippen LogP contribution in [0.5, 0.6) is 0 Å². The van der Waals surface area contributed by atoms with E-state index in [9.17, 15) is 9.59 Å². The first-order chi connectivity index (χ1) is 12.6. The molecule has 0 atom stereocenters. The number of aromatic nitrogens is 2. The number of aryl methyl sites for hydroxylation is 1. The van der Waals surface area contributed by atoms with Gasteiger partial charge in [-0.3, -0.25) is 4.79 Å². The number of ether oxygens (including phenoxy) is 1. The van der Waals surface area contributed by atoms with Gasteiger partial charge in [0.1, 0.15) is 0 Å². The molecule has 2 rings (SSSR count). The highest BCUT2D eigenvalue weighted by atomic mass is 16.5. The van der Waals surface area contributed by atoms with Gasteiger partial charge in [-0.05, 0) is 32.6 Å². The summed E-state index contributed by atoms with van der Waals surface area (Å²) in [5, 5.41) is 0. The van der Waals surface area contributed by atoms with Crippen molar-refractivity contribution in [2.75, 3.05) is 6.61 Å². The third kappa shape index (κ3) is 5.96. The zero-order chi connectivity index (χ0) is 18.8. The number of carbonyl (C=O) groups excluding carboxylic acids is 2. The fourth-order valence-electron chi connectivity index (χ4n) is 3.77. The average Bonchev–Trinajstić information content (AvgIpc) is 2.93. The summed E-state index contributed by atoms with van der Waals surface area (Å²) in [4.78, 5) is 28.7. The molecule has 0 radical (unpaired) electrons. The number of rotatable bonds is 3. The van der Waals surface area contributed by atoms with Gasteiger partial charge in [0.2, 0.25) is 0 Å². The van der Waals surface area contributed by atoms with Gasteiger partial charge in [0.25, 0.3) is 0 Å². The lowest BCUT2D eigenvalue weighted by atomic mass is 10.1. The van der Waals surface area contributed by atoms with Crippen LogP contribution in [0.1, 0.15) is 99.6 Å². The van der Waals surface area contributed by atoms with Gasteiger partial charge < -0.3 is 9.30 Å². The average molecular weight is 363 g/mol. The van der Waals surface area contributed by atoms with Crippen molar-refractivity contribution in [3.05, 3.63) is 17.2 Å². The zero-order valence-electron chi connectivity index (χ0n) is 16.5. The van der Waals surface area contributed by atoms with Crippen molar-refractivity contribution >= 4 is 11.8 Å². The number of hydrogen-bond acceptors (Lipinski definition) is 4. The smallest absolute Gasteiger partial charge is 0.383 e. The first-order valence-electron chi connectivity index (χ1n) is 10.4. The van der Waals surface area contributed by atoms with Crippen LogP contribution >= 0.6 is 0 Å². The normalized spacial score (nSPS) is 17.6. The Morgan fingerprint density at radius 3 is 1.92 bits per heavy atom. The molecule has 5 nitrogen and oxygen atoms in total. The maximum atomic E-state index is 12.4. The molecule has 1 aliphatic carbocycles. The van der Waals surface area contributed by atoms with Gasteiger partial charge in [0, 0.05) is 12.7 Å². The van der Waals surface area contributed by atoms with Crippen molar-refractivity contribution in [1.82, 2.24) is 9.55 Å². The molecule has 0 bridgehead atoms. The van der Waals surface area contributed by atoms with Crippen LogP contribution in [0.3, 0.4) is 0 Å². The van der Waals surface area contributed by atoms with E-state index in [2.05, 4.69) is 4.98 Å². The number of fused-ring (bicyclic) bond motifs is 1. The molecule has 5 heteroatoms. The van der Waals surface area contributed by atoms with E-state index in [0.717, 1.165) is 37.1 Å². The third-order valence-electron chi connectivity index (χ3n) is 5.29. The largest absolute Gasteiger partial charge is 0.460 e. The lowest BCUT2D eigenvalue weighted by Gasteiger charge is -2.07. The van der Waals surface area contributed by atoms with Gasteiger partial charge in [-0.15, -0.1) is 0 Å². The molecule has 1 aromatic rings. The molecule has 0 saturated carbocycles. The van der Waals surface area contributed by atoms with E-state index in [-0.39, 0.29) is 12.4 Å². The number of Topliss-reactive ketones (excluding diaryl/α,β-unsaturated/α-hetero) is 1. The Morgan fingerprint density at radius 2 is 1.38 bits per heavy atom. The SMILES string of the molecule is CCOC(=O)C(=O)c1nc2c(n1C)CCCCCCCCCCCCC2. The third-order valence-corrected chi connectivity index (χ3v) is 5.29. The summed E-state index contributed by atoms with van der Waals surface area (Å²) in [5.74, 6) is -1.20. The van der Waals surface area contributed by atoms with E-state index in [1.807, 2.05) is 11.6 Å². The van der Waals surface area contributed by atoms with Crippen LogP contribution in [0.2, 0.25) is 0 Å². The molecule has 0 aromatic carbocycles. The summed E-state index contributed by atoms with van der Waals surface area (Å²) in [7, 11) is 1.85. The Labute approximate surface area is 157 Å². The molecule has 0 fully saturated rings. The van der Waals surface area contributed by atoms with E-state index in [1.54, 1.807) is 6.92 Å². The number of nitrogens with zero attached hydrogens (tertiary/aromatic N) is 2. The maximum Gasteiger partial charge on any atom is 0.383 e. The molecule has 0 unspecified atom stereocenters. The molecule has 0 saturated heterocycles. The lowest BCUT2D eigenvalue weighted by molar-refractivity contribution is -0.137. The second kappa shape index (κ2) is 11.1. The quantitative estimate of drug-likeness (QED) is 0.449. The monoisotopic (exact) mass is 362 g/mol. The van der Waals surface area contributed by atoms with E-state index < -0.39 is 11.8 Å². The second-order valence-corrected chi connectivity index (χ2v) is 7.33. The van der Waals surface area contributed by atoms with Crippen molar-refractivity contribution in [2.24, 2.45) is 7.05 Å². The van der Waals surface area contributed by atoms with E-state index in [1.165, 1.54) is 57.8 Å². The van der Waals surface area contributed by atoms with Gasteiger partial charge in [0.15, 0.2) is 5.82 Å². The number of esters is 1. The molecular formula is C21H34N2O3. The minimum absolute atomic E-state index is 0.203. The number of imidazole rings is 1.